The van der Waals surface area contributed by atoms with E-state index in [0.29, 0.717) is 0 Å². The van der Waals surface area contributed by atoms with E-state index < -0.39 is 35.4 Å². The number of carboxylic acids is 1. The van der Waals surface area contributed by atoms with Gasteiger partial charge in [0.25, 0.3) is 11.6 Å². The number of hydrogen-bond acceptors (Lipinski definition) is 7. The van der Waals surface area contributed by atoms with Crippen molar-refractivity contribution < 1.29 is 33.9 Å². The number of nitrogens with one attached hydrogen (secondary N) is 1. The number of rotatable bonds is 6. The van der Waals surface area contributed by atoms with Crippen molar-refractivity contribution in [3.05, 3.63) is 52.1 Å². The summed E-state index contributed by atoms with van der Waals surface area (Å²) in [5.41, 5.74) is -0.229. The molecule has 156 valence electrons. The molecule has 1 aliphatic heterocycles. The van der Waals surface area contributed by atoms with Crippen LogP contribution in [-0.2, 0) is 9.59 Å². The van der Waals surface area contributed by atoms with Crippen LogP contribution < -0.4 is 19.7 Å². The van der Waals surface area contributed by atoms with Gasteiger partial charge in [0.1, 0.15) is 23.7 Å². The summed E-state index contributed by atoms with van der Waals surface area (Å²) in [5, 5.41) is 22.8. The van der Waals surface area contributed by atoms with E-state index in [4.69, 9.17) is 14.6 Å². The third kappa shape index (κ3) is 3.99. The molecule has 2 aromatic carbocycles. The zero-order valence-corrected chi connectivity index (χ0v) is 15.9. The normalized spacial score (nSPS) is 15.1. The third-order valence-corrected chi connectivity index (χ3v) is 4.39. The average molecular weight is 415 g/mol. The molecule has 0 aliphatic carbocycles. The number of carbonyl (C=O) groups excluding carboxylic acids is 2. The van der Waals surface area contributed by atoms with Crippen molar-refractivity contribution in [1.82, 2.24) is 0 Å². The van der Waals surface area contributed by atoms with E-state index in [9.17, 15) is 24.5 Å². The van der Waals surface area contributed by atoms with Crippen molar-refractivity contribution >= 4 is 34.8 Å². The Labute approximate surface area is 170 Å². The Morgan fingerprint density at radius 3 is 2.67 bits per heavy atom. The second kappa shape index (κ2) is 8.07. The second-order valence-electron chi connectivity index (χ2n) is 6.36. The Morgan fingerprint density at radius 2 is 2.03 bits per heavy atom. The van der Waals surface area contributed by atoms with Crippen LogP contribution in [-0.4, -0.2) is 47.6 Å². The largest absolute Gasteiger partial charge is 0.496 e. The summed E-state index contributed by atoms with van der Waals surface area (Å²) in [6, 6.07) is 7.86. The number of nitro groups is 1. The molecule has 1 atom stereocenters. The molecule has 1 unspecified atom stereocenters. The van der Waals surface area contributed by atoms with Gasteiger partial charge in [-0.25, -0.2) is 4.79 Å². The fourth-order valence-electron chi connectivity index (χ4n) is 2.94. The van der Waals surface area contributed by atoms with Gasteiger partial charge in [0.15, 0.2) is 6.10 Å². The highest BCUT2D eigenvalue weighted by Crippen LogP contribution is 2.35. The van der Waals surface area contributed by atoms with Crippen LogP contribution in [0.3, 0.4) is 0 Å². The number of ether oxygens (including phenoxy) is 2. The van der Waals surface area contributed by atoms with Gasteiger partial charge < -0.3 is 19.9 Å². The van der Waals surface area contributed by atoms with Crippen molar-refractivity contribution in [3.63, 3.8) is 0 Å². The number of nitro benzene ring substituents is 1. The van der Waals surface area contributed by atoms with Crippen LogP contribution in [0.5, 0.6) is 11.5 Å². The molecule has 0 radical (unpaired) electrons. The van der Waals surface area contributed by atoms with E-state index in [2.05, 4.69) is 5.32 Å². The summed E-state index contributed by atoms with van der Waals surface area (Å²) in [7, 11) is 1.36. The minimum atomic E-state index is -1.16. The first kappa shape index (κ1) is 20.6. The monoisotopic (exact) mass is 415 g/mol. The highest BCUT2D eigenvalue weighted by atomic mass is 16.6. The van der Waals surface area contributed by atoms with Gasteiger partial charge in [-0.05, 0) is 37.3 Å². The van der Waals surface area contributed by atoms with Crippen molar-refractivity contribution in [3.8, 4) is 11.5 Å². The van der Waals surface area contributed by atoms with E-state index >= 15 is 0 Å². The lowest BCUT2D eigenvalue weighted by atomic mass is 10.1. The van der Waals surface area contributed by atoms with E-state index in [1.807, 2.05) is 0 Å². The summed E-state index contributed by atoms with van der Waals surface area (Å²) in [6.45, 7) is 1.02. The van der Waals surface area contributed by atoms with Crippen LogP contribution in [0.1, 0.15) is 17.3 Å². The number of carboxylic acid groups (broad SMARTS) is 1. The lowest BCUT2D eigenvalue weighted by Gasteiger charge is -2.32. The summed E-state index contributed by atoms with van der Waals surface area (Å²) < 4.78 is 10.4. The van der Waals surface area contributed by atoms with Crippen molar-refractivity contribution in [2.75, 3.05) is 23.9 Å². The number of anilines is 2. The van der Waals surface area contributed by atoms with Gasteiger partial charge in [0.05, 0.1) is 29.4 Å². The van der Waals surface area contributed by atoms with Crippen LogP contribution in [0.15, 0.2) is 36.4 Å². The molecule has 0 spiro atoms. The molecule has 0 fully saturated rings. The first-order valence-corrected chi connectivity index (χ1v) is 8.69. The lowest BCUT2D eigenvalue weighted by Crippen LogP contribution is -2.47. The SMILES string of the molecule is COc1ccc(NC(=O)CN2C(=O)C(C)Oc3cc(C(=O)O)ccc32)c([N+](=O)[O-])c1. The molecular weight excluding hydrogens is 398 g/mol. The number of aromatic carboxylic acids is 1. The quantitative estimate of drug-likeness (QED) is 0.538. The maximum absolute atomic E-state index is 12.6. The van der Waals surface area contributed by atoms with Crippen LogP contribution in [0, 0.1) is 10.1 Å². The van der Waals surface area contributed by atoms with E-state index in [0.717, 1.165) is 4.90 Å². The maximum atomic E-state index is 12.6. The summed E-state index contributed by atoms with van der Waals surface area (Å²) in [5.74, 6) is -1.96. The Balaban J connectivity index is 1.86. The van der Waals surface area contributed by atoms with Gasteiger partial charge in [-0.3, -0.25) is 24.6 Å². The van der Waals surface area contributed by atoms with Gasteiger partial charge in [-0.2, -0.15) is 0 Å². The Bertz CT molecular complexity index is 1050. The number of amides is 2. The molecule has 2 N–H and O–H groups in total. The van der Waals surface area contributed by atoms with Crippen LogP contribution in [0.2, 0.25) is 0 Å². The van der Waals surface area contributed by atoms with Crippen LogP contribution >= 0.6 is 0 Å². The van der Waals surface area contributed by atoms with Crippen LogP contribution in [0.4, 0.5) is 17.1 Å². The number of benzene rings is 2. The average Bonchev–Trinajstić information content (AvgIpc) is 2.71. The molecule has 2 amide bonds. The molecule has 1 aliphatic rings. The molecule has 1 heterocycles. The number of methoxy groups -OCH3 is 1. The van der Waals surface area contributed by atoms with Crippen molar-refractivity contribution in [2.45, 2.75) is 13.0 Å². The van der Waals surface area contributed by atoms with E-state index in [1.165, 1.54) is 50.4 Å². The van der Waals surface area contributed by atoms with Gasteiger partial charge in [0, 0.05) is 0 Å². The molecule has 2 aromatic rings. The number of hydrogen-bond donors (Lipinski definition) is 2. The fraction of sp³-hybridized carbons (Fsp3) is 0.211. The summed E-state index contributed by atoms with van der Waals surface area (Å²) in [4.78, 5) is 48.0. The smallest absolute Gasteiger partial charge is 0.335 e. The van der Waals surface area contributed by atoms with Gasteiger partial charge >= 0.3 is 5.97 Å². The number of carbonyl (C=O) groups is 3. The molecule has 11 heteroatoms. The zero-order chi connectivity index (χ0) is 22.0. The second-order valence-corrected chi connectivity index (χ2v) is 6.36. The molecule has 3 rings (SSSR count). The van der Waals surface area contributed by atoms with Gasteiger partial charge in [-0.1, -0.05) is 0 Å². The first-order valence-electron chi connectivity index (χ1n) is 8.69. The molecule has 11 nitrogen and oxygen atoms in total. The highest BCUT2D eigenvalue weighted by Gasteiger charge is 2.33. The maximum Gasteiger partial charge on any atom is 0.335 e. The topological polar surface area (TPSA) is 148 Å². The standard InChI is InChI=1S/C19H17N3O8/c1-10-18(24)21(14-6-3-11(19(25)26)7-16(14)30-10)9-17(23)20-13-5-4-12(29-2)8-15(13)22(27)28/h3-8,10H,9H2,1-2H3,(H,20,23)(H,25,26). The van der Waals surface area contributed by atoms with Crippen molar-refractivity contribution in [1.29, 1.82) is 0 Å². The zero-order valence-electron chi connectivity index (χ0n) is 15.9. The molecule has 0 saturated heterocycles. The summed E-state index contributed by atoms with van der Waals surface area (Å²) in [6.07, 6.45) is -0.940. The van der Waals surface area contributed by atoms with Crippen molar-refractivity contribution in [2.24, 2.45) is 0 Å². The molecule has 0 bridgehead atoms. The van der Waals surface area contributed by atoms with Gasteiger partial charge in [-0.15, -0.1) is 0 Å². The van der Waals surface area contributed by atoms with E-state index in [-0.39, 0.29) is 34.1 Å². The molecule has 0 saturated carbocycles. The Morgan fingerprint density at radius 1 is 1.30 bits per heavy atom. The molecular formula is C19H17N3O8. The predicted octanol–water partition coefficient (Wildman–Crippen LogP) is 2.05. The summed E-state index contributed by atoms with van der Waals surface area (Å²) >= 11 is 0. The minimum Gasteiger partial charge on any atom is -0.496 e. The first-order chi connectivity index (χ1) is 14.2. The molecule has 0 aromatic heterocycles. The number of nitrogens with zero attached hydrogens (tertiary/aromatic N) is 2. The molecule has 30 heavy (non-hydrogen) atoms. The van der Waals surface area contributed by atoms with E-state index in [1.54, 1.807) is 0 Å². The van der Waals surface area contributed by atoms with Crippen LogP contribution in [0.25, 0.3) is 0 Å². The minimum absolute atomic E-state index is 0.0337. The highest BCUT2D eigenvalue weighted by molar-refractivity contribution is 6.07. The predicted molar refractivity (Wildman–Crippen MR) is 104 cm³/mol. The third-order valence-electron chi connectivity index (χ3n) is 4.39. The Kier molecular flexibility index (Phi) is 5.54. The fourth-order valence-corrected chi connectivity index (χ4v) is 2.94. The Hall–Kier alpha value is -4.15. The number of fused-ring (bicyclic) bond motifs is 1. The lowest BCUT2D eigenvalue weighted by molar-refractivity contribution is -0.384. The van der Waals surface area contributed by atoms with Gasteiger partial charge in [0.2, 0.25) is 5.91 Å².